The number of fused-ring (bicyclic) bond motifs is 1. The van der Waals surface area contributed by atoms with E-state index < -0.39 is 0 Å². The summed E-state index contributed by atoms with van der Waals surface area (Å²) >= 11 is 9.22. The molecule has 110 valence electrons. The highest BCUT2D eigenvalue weighted by Gasteiger charge is 2.17. The first-order valence-electron chi connectivity index (χ1n) is 6.58. The van der Waals surface area contributed by atoms with Crippen LogP contribution < -0.4 is 9.47 Å². The van der Waals surface area contributed by atoms with Gasteiger partial charge in [0.25, 0.3) is 0 Å². The molecule has 5 heteroatoms. The van der Waals surface area contributed by atoms with Gasteiger partial charge in [0.15, 0.2) is 0 Å². The molecular formula is C16H13BrClFO2. The van der Waals surface area contributed by atoms with Crippen molar-refractivity contribution in [3.05, 3.63) is 57.3 Å². The summed E-state index contributed by atoms with van der Waals surface area (Å²) < 4.78 is 25.8. The second-order valence-corrected chi connectivity index (χ2v) is 6.05. The van der Waals surface area contributed by atoms with Crippen LogP contribution in [0.3, 0.4) is 0 Å². The van der Waals surface area contributed by atoms with Gasteiger partial charge in [-0.25, -0.2) is 4.39 Å². The fourth-order valence-corrected chi connectivity index (χ4v) is 3.10. The van der Waals surface area contributed by atoms with E-state index in [1.807, 2.05) is 6.07 Å². The summed E-state index contributed by atoms with van der Waals surface area (Å²) in [6.07, 6.45) is 0.901. The Hall–Kier alpha value is -1.26. The third-order valence-electron chi connectivity index (χ3n) is 3.31. The molecule has 1 aliphatic rings. The molecule has 0 aromatic heterocycles. The maximum atomic E-state index is 13.5. The summed E-state index contributed by atoms with van der Waals surface area (Å²) in [7, 11) is 0. The summed E-state index contributed by atoms with van der Waals surface area (Å²) in [5.74, 6) is 1.26. The average Bonchev–Trinajstić information content (AvgIpc) is 2.92. The summed E-state index contributed by atoms with van der Waals surface area (Å²) in [5, 5.41) is 0. The molecular weight excluding hydrogens is 359 g/mol. The number of alkyl halides is 1. The number of rotatable bonds is 4. The maximum absolute atomic E-state index is 13.5. The van der Waals surface area contributed by atoms with Gasteiger partial charge >= 0.3 is 0 Å². The van der Waals surface area contributed by atoms with Crippen LogP contribution in [0.5, 0.6) is 11.5 Å². The second-order valence-electron chi connectivity index (χ2n) is 4.87. The molecule has 0 atom stereocenters. The summed E-state index contributed by atoms with van der Waals surface area (Å²) in [4.78, 5) is 0. The van der Waals surface area contributed by atoms with Crippen molar-refractivity contribution < 1.29 is 13.9 Å². The Kier molecular flexibility index (Phi) is 4.36. The molecule has 0 aliphatic carbocycles. The van der Waals surface area contributed by atoms with Crippen molar-refractivity contribution >= 4 is 27.5 Å². The average molecular weight is 372 g/mol. The lowest BCUT2D eigenvalue weighted by molar-refractivity contribution is 0.290. The molecule has 0 saturated heterocycles. The molecule has 1 heterocycles. The number of hydrogen-bond donors (Lipinski definition) is 0. The van der Waals surface area contributed by atoms with E-state index in [4.69, 9.17) is 21.1 Å². The fraction of sp³-hybridized carbons (Fsp3) is 0.250. The Morgan fingerprint density at radius 1 is 1.24 bits per heavy atom. The molecule has 2 nitrogen and oxygen atoms in total. The molecule has 2 aromatic rings. The quantitative estimate of drug-likeness (QED) is 0.716. The number of halogens is 3. The molecule has 2 aromatic carbocycles. The molecule has 0 spiro atoms. The third-order valence-corrected chi connectivity index (χ3v) is 4.07. The summed E-state index contributed by atoms with van der Waals surface area (Å²) in [6, 6.07) is 8.52. The van der Waals surface area contributed by atoms with Gasteiger partial charge in [0, 0.05) is 28.4 Å². The zero-order chi connectivity index (χ0) is 14.8. The van der Waals surface area contributed by atoms with Crippen molar-refractivity contribution in [1.29, 1.82) is 0 Å². The lowest BCUT2D eigenvalue weighted by atomic mass is 10.1. The smallest absolute Gasteiger partial charge is 0.129 e. The topological polar surface area (TPSA) is 18.5 Å². The number of benzene rings is 2. The van der Waals surface area contributed by atoms with Gasteiger partial charge in [-0.05, 0) is 35.4 Å². The monoisotopic (exact) mass is 370 g/mol. The van der Waals surface area contributed by atoms with E-state index >= 15 is 0 Å². The summed E-state index contributed by atoms with van der Waals surface area (Å²) in [6.45, 7) is 1.02. The van der Waals surface area contributed by atoms with E-state index in [0.29, 0.717) is 24.5 Å². The third kappa shape index (κ3) is 3.33. The Bertz CT molecular complexity index is 676. The molecule has 0 N–H and O–H groups in total. The molecule has 21 heavy (non-hydrogen) atoms. The first-order chi connectivity index (χ1) is 10.2. The molecule has 0 fully saturated rings. The van der Waals surface area contributed by atoms with Gasteiger partial charge in [-0.3, -0.25) is 0 Å². The van der Waals surface area contributed by atoms with Crippen molar-refractivity contribution in [3.63, 3.8) is 0 Å². The lowest BCUT2D eigenvalue weighted by Crippen LogP contribution is -1.99. The standard InChI is InChI=1S/C16H13BrClFO2/c17-13-5-11-1-2-20-16(11)12(6-13)9-21-15-4-10(8-18)3-14(19)7-15/h3-7H,1-2,8-9H2. The molecule has 3 rings (SSSR count). The Labute approximate surface area is 136 Å². The van der Waals surface area contributed by atoms with Crippen molar-refractivity contribution in [1.82, 2.24) is 0 Å². The SMILES string of the molecule is Fc1cc(CCl)cc(OCc2cc(Br)cc3c2OCC3)c1. The number of hydrogen-bond acceptors (Lipinski definition) is 2. The highest BCUT2D eigenvalue weighted by molar-refractivity contribution is 9.10. The van der Waals surface area contributed by atoms with Crippen LogP contribution in [0.1, 0.15) is 16.7 Å². The van der Waals surface area contributed by atoms with Crippen LogP contribution in [-0.2, 0) is 18.9 Å². The van der Waals surface area contributed by atoms with Gasteiger partial charge < -0.3 is 9.47 Å². The molecule has 1 aliphatic heterocycles. The second kappa shape index (κ2) is 6.24. The highest BCUT2D eigenvalue weighted by atomic mass is 79.9. The van der Waals surface area contributed by atoms with Crippen LogP contribution in [0.25, 0.3) is 0 Å². The Morgan fingerprint density at radius 2 is 2.10 bits per heavy atom. The summed E-state index contributed by atoms with van der Waals surface area (Å²) in [5.41, 5.74) is 2.82. The Balaban J connectivity index is 1.81. The molecule has 0 saturated carbocycles. The van der Waals surface area contributed by atoms with Crippen LogP contribution in [0, 0.1) is 5.82 Å². The van der Waals surface area contributed by atoms with Crippen molar-refractivity contribution in [2.75, 3.05) is 6.61 Å². The van der Waals surface area contributed by atoms with Gasteiger partial charge in [-0.1, -0.05) is 15.9 Å². The van der Waals surface area contributed by atoms with E-state index in [-0.39, 0.29) is 11.7 Å². The van der Waals surface area contributed by atoms with E-state index in [9.17, 15) is 4.39 Å². The van der Waals surface area contributed by atoms with Gasteiger partial charge in [0.05, 0.1) is 6.61 Å². The number of ether oxygens (including phenoxy) is 2. The lowest BCUT2D eigenvalue weighted by Gasteiger charge is -2.11. The first-order valence-corrected chi connectivity index (χ1v) is 7.91. The zero-order valence-corrected chi connectivity index (χ0v) is 13.5. The molecule has 0 amide bonds. The minimum absolute atomic E-state index is 0.253. The van der Waals surface area contributed by atoms with Crippen molar-refractivity contribution in [2.24, 2.45) is 0 Å². The van der Waals surface area contributed by atoms with E-state index in [1.54, 1.807) is 6.07 Å². The fourth-order valence-electron chi connectivity index (χ4n) is 2.40. The normalized spacial score (nSPS) is 12.9. The molecule has 0 unspecified atom stereocenters. The van der Waals surface area contributed by atoms with Gasteiger partial charge in [-0.15, -0.1) is 11.6 Å². The first kappa shape index (κ1) is 14.7. The minimum Gasteiger partial charge on any atom is -0.493 e. The van der Waals surface area contributed by atoms with E-state index in [2.05, 4.69) is 22.0 Å². The van der Waals surface area contributed by atoms with Gasteiger partial charge in [0.1, 0.15) is 23.9 Å². The molecule has 0 bridgehead atoms. The van der Waals surface area contributed by atoms with Gasteiger partial charge in [-0.2, -0.15) is 0 Å². The van der Waals surface area contributed by atoms with Crippen molar-refractivity contribution in [3.8, 4) is 11.5 Å². The molecule has 0 radical (unpaired) electrons. The van der Waals surface area contributed by atoms with Crippen LogP contribution >= 0.6 is 27.5 Å². The van der Waals surface area contributed by atoms with E-state index in [1.165, 1.54) is 17.7 Å². The van der Waals surface area contributed by atoms with Crippen LogP contribution in [-0.4, -0.2) is 6.61 Å². The van der Waals surface area contributed by atoms with Crippen LogP contribution in [0.4, 0.5) is 4.39 Å². The zero-order valence-electron chi connectivity index (χ0n) is 11.2. The van der Waals surface area contributed by atoms with Gasteiger partial charge in [0.2, 0.25) is 0 Å². The van der Waals surface area contributed by atoms with E-state index in [0.717, 1.165) is 22.2 Å². The predicted octanol–water partition coefficient (Wildman–Crippen LogP) is 4.84. The minimum atomic E-state index is -0.348. The van der Waals surface area contributed by atoms with Crippen LogP contribution in [0.15, 0.2) is 34.8 Å². The maximum Gasteiger partial charge on any atom is 0.129 e. The predicted molar refractivity (Wildman–Crippen MR) is 83.6 cm³/mol. The largest absolute Gasteiger partial charge is 0.493 e. The van der Waals surface area contributed by atoms with Crippen molar-refractivity contribution in [2.45, 2.75) is 18.9 Å². The Morgan fingerprint density at radius 3 is 2.90 bits per heavy atom. The van der Waals surface area contributed by atoms with Crippen LogP contribution in [0.2, 0.25) is 0 Å². The highest BCUT2D eigenvalue weighted by Crippen LogP contribution is 2.33.